The molecule has 0 aliphatic heterocycles. The molecule has 0 aromatic rings. The third-order valence-electron chi connectivity index (χ3n) is 4.58. The molecule has 0 radical (unpaired) electrons. The van der Waals surface area contributed by atoms with Gasteiger partial charge in [0.05, 0.1) is 18.8 Å². The second-order valence-electron chi connectivity index (χ2n) is 7.15. The molecule has 0 saturated carbocycles. The summed E-state index contributed by atoms with van der Waals surface area (Å²) in [5.41, 5.74) is 0. The van der Waals surface area contributed by atoms with E-state index in [4.69, 9.17) is 19.9 Å². The van der Waals surface area contributed by atoms with Crippen molar-refractivity contribution in [3.8, 4) is 0 Å². The minimum absolute atomic E-state index is 0.275. The first-order chi connectivity index (χ1) is 13.9. The lowest BCUT2D eigenvalue weighted by molar-refractivity contribution is -0.148. The average Bonchev–Trinajstić information content (AvgIpc) is 2.61. The Morgan fingerprint density at radius 2 is 1.23 bits per heavy atom. The first-order valence-electron chi connectivity index (χ1n) is 9.85. The minimum atomic E-state index is -4.84. The van der Waals surface area contributed by atoms with E-state index in [1.807, 2.05) is 0 Å². The van der Waals surface area contributed by atoms with Gasteiger partial charge >= 0.3 is 17.9 Å². The van der Waals surface area contributed by atoms with E-state index in [1.165, 1.54) is 0 Å². The molecule has 174 valence electrons. The van der Waals surface area contributed by atoms with Crippen LogP contribution in [0.5, 0.6) is 0 Å². The Bertz CT molecular complexity index is 676. The van der Waals surface area contributed by atoms with Crippen molar-refractivity contribution in [2.75, 3.05) is 6.54 Å². The van der Waals surface area contributed by atoms with Crippen molar-refractivity contribution in [1.29, 1.82) is 0 Å². The van der Waals surface area contributed by atoms with Crippen LogP contribution in [0.15, 0.2) is 0 Å². The summed E-state index contributed by atoms with van der Waals surface area (Å²) in [5, 5.41) is 26.6. The van der Waals surface area contributed by atoms with Gasteiger partial charge in [0.1, 0.15) is 0 Å². The summed E-state index contributed by atoms with van der Waals surface area (Å²) >= 11 is 0. The summed E-state index contributed by atoms with van der Waals surface area (Å²) in [4.78, 5) is 43.9. The molecule has 0 spiro atoms. The second kappa shape index (κ2) is 14.7. The first-order valence-corrected chi connectivity index (χ1v) is 11.4. The first kappa shape index (κ1) is 27.8. The van der Waals surface area contributed by atoms with Crippen LogP contribution in [-0.2, 0) is 29.3 Å². The van der Waals surface area contributed by atoms with Crippen LogP contribution in [0, 0.1) is 5.92 Å². The summed E-state index contributed by atoms with van der Waals surface area (Å²) < 4.78 is 30.6. The van der Waals surface area contributed by atoms with Crippen molar-refractivity contribution in [3.63, 3.8) is 0 Å². The third kappa shape index (κ3) is 13.9. The molecule has 0 aliphatic carbocycles. The Morgan fingerprint density at radius 3 is 1.67 bits per heavy atom. The summed E-state index contributed by atoms with van der Waals surface area (Å²) in [6.07, 6.45) is 5.84. The zero-order valence-corrected chi connectivity index (χ0v) is 17.6. The highest BCUT2D eigenvalue weighted by Crippen LogP contribution is 2.16. The molecule has 1 amide bonds. The Morgan fingerprint density at radius 1 is 0.733 bits per heavy atom. The van der Waals surface area contributed by atoms with Gasteiger partial charge in [-0.1, -0.05) is 44.9 Å². The third-order valence-corrected chi connectivity index (χ3v) is 5.66. The van der Waals surface area contributed by atoms with E-state index in [-0.39, 0.29) is 13.0 Å². The predicted octanol–water partition coefficient (Wildman–Crippen LogP) is 1.52. The molecule has 0 rings (SSSR count). The fourth-order valence-corrected chi connectivity index (χ4v) is 3.51. The highest BCUT2D eigenvalue weighted by atomic mass is 32.2. The topological polar surface area (TPSA) is 195 Å². The number of hydrogen-bond donors (Lipinski definition) is 5. The van der Waals surface area contributed by atoms with Gasteiger partial charge in [-0.2, -0.15) is 8.42 Å². The van der Waals surface area contributed by atoms with Gasteiger partial charge in [-0.3, -0.25) is 23.7 Å². The van der Waals surface area contributed by atoms with Crippen LogP contribution in [-0.4, -0.2) is 63.9 Å². The molecule has 0 aliphatic rings. The van der Waals surface area contributed by atoms with E-state index < -0.39 is 51.5 Å². The molecule has 11 nitrogen and oxygen atoms in total. The van der Waals surface area contributed by atoms with Crippen LogP contribution < -0.4 is 5.32 Å². The lowest BCUT2D eigenvalue weighted by atomic mass is 9.97. The highest BCUT2D eigenvalue weighted by Gasteiger charge is 2.33. The summed E-state index contributed by atoms with van der Waals surface area (Å²) in [6, 6.07) is 0. The molecule has 0 fully saturated rings. The quantitative estimate of drug-likeness (QED) is 0.150. The van der Waals surface area contributed by atoms with E-state index >= 15 is 0 Å². The summed E-state index contributed by atoms with van der Waals surface area (Å²) in [5.74, 6) is -5.59. The molecular formula is C18H31NO10S. The molecule has 2 atom stereocenters. The zero-order valence-electron chi connectivity index (χ0n) is 16.8. The van der Waals surface area contributed by atoms with Crippen molar-refractivity contribution in [3.05, 3.63) is 0 Å². The van der Waals surface area contributed by atoms with Gasteiger partial charge in [0, 0.05) is 6.54 Å². The smallest absolute Gasteiger partial charge is 0.324 e. The molecule has 0 heterocycles. The number of carboxylic acids is 3. The number of unbranched alkanes of at least 4 members (excludes halogenated alkanes) is 7. The van der Waals surface area contributed by atoms with Crippen molar-refractivity contribution >= 4 is 33.9 Å². The SMILES string of the molecule is O=C(O)CC(CCCCCCCCCCNC(=O)CC(C(=O)O)S(=O)(=O)O)C(=O)O. The number of hydrogen-bond acceptors (Lipinski definition) is 6. The van der Waals surface area contributed by atoms with Gasteiger partial charge in [0.2, 0.25) is 5.91 Å². The number of aliphatic carboxylic acids is 3. The van der Waals surface area contributed by atoms with Crippen molar-refractivity contribution in [2.45, 2.75) is 75.9 Å². The molecular weight excluding hydrogens is 422 g/mol. The minimum Gasteiger partial charge on any atom is -0.481 e. The maximum atomic E-state index is 11.6. The number of carbonyl (C=O) groups is 4. The average molecular weight is 454 g/mol. The maximum absolute atomic E-state index is 11.6. The number of carbonyl (C=O) groups excluding carboxylic acids is 1. The van der Waals surface area contributed by atoms with E-state index in [1.54, 1.807) is 0 Å². The van der Waals surface area contributed by atoms with Gasteiger partial charge in [-0.25, -0.2) is 0 Å². The normalized spacial score (nSPS) is 13.4. The Labute approximate surface area is 175 Å². The predicted molar refractivity (Wildman–Crippen MR) is 106 cm³/mol. The molecule has 0 saturated heterocycles. The van der Waals surface area contributed by atoms with Crippen LogP contribution >= 0.6 is 0 Å². The van der Waals surface area contributed by atoms with Gasteiger partial charge < -0.3 is 20.6 Å². The second-order valence-corrected chi connectivity index (χ2v) is 8.75. The van der Waals surface area contributed by atoms with Crippen molar-refractivity contribution < 1.29 is 47.5 Å². The lowest BCUT2D eigenvalue weighted by Gasteiger charge is -2.10. The number of rotatable bonds is 18. The summed E-state index contributed by atoms with van der Waals surface area (Å²) in [6.45, 7) is 0.275. The van der Waals surface area contributed by atoms with Crippen LogP contribution in [0.4, 0.5) is 0 Å². The van der Waals surface area contributed by atoms with E-state index in [0.717, 1.165) is 38.5 Å². The Balaban J connectivity index is 3.73. The number of amides is 1. The maximum Gasteiger partial charge on any atom is 0.324 e. The lowest BCUT2D eigenvalue weighted by Crippen LogP contribution is -2.36. The Kier molecular flexibility index (Phi) is 13.6. The van der Waals surface area contributed by atoms with Crippen molar-refractivity contribution in [2.24, 2.45) is 5.92 Å². The molecule has 5 N–H and O–H groups in total. The molecule has 0 aromatic carbocycles. The van der Waals surface area contributed by atoms with Gasteiger partial charge in [0.25, 0.3) is 10.1 Å². The summed E-state index contributed by atoms with van der Waals surface area (Å²) in [7, 11) is -4.84. The van der Waals surface area contributed by atoms with Crippen LogP contribution in [0.2, 0.25) is 0 Å². The largest absolute Gasteiger partial charge is 0.481 e. The zero-order chi connectivity index (χ0) is 23.2. The number of carboxylic acid groups (broad SMARTS) is 3. The fraction of sp³-hybridized carbons (Fsp3) is 0.778. The molecule has 30 heavy (non-hydrogen) atoms. The molecule has 0 bridgehead atoms. The van der Waals surface area contributed by atoms with Gasteiger partial charge in [-0.15, -0.1) is 0 Å². The van der Waals surface area contributed by atoms with E-state index in [0.29, 0.717) is 19.3 Å². The monoisotopic (exact) mass is 453 g/mol. The Hall–Kier alpha value is -2.21. The number of nitrogens with one attached hydrogen (secondary N) is 1. The van der Waals surface area contributed by atoms with Gasteiger partial charge in [0.15, 0.2) is 5.25 Å². The highest BCUT2D eigenvalue weighted by molar-refractivity contribution is 7.87. The fourth-order valence-electron chi connectivity index (χ4n) is 2.89. The molecule has 2 unspecified atom stereocenters. The van der Waals surface area contributed by atoms with Crippen molar-refractivity contribution in [1.82, 2.24) is 5.32 Å². The molecule has 0 aromatic heterocycles. The van der Waals surface area contributed by atoms with Crippen LogP contribution in [0.25, 0.3) is 0 Å². The van der Waals surface area contributed by atoms with E-state index in [9.17, 15) is 27.6 Å². The van der Waals surface area contributed by atoms with Crippen LogP contribution in [0.1, 0.15) is 70.6 Å². The van der Waals surface area contributed by atoms with Crippen LogP contribution in [0.3, 0.4) is 0 Å². The molecule has 12 heteroatoms. The van der Waals surface area contributed by atoms with Gasteiger partial charge in [-0.05, 0) is 12.8 Å². The van der Waals surface area contributed by atoms with E-state index in [2.05, 4.69) is 5.32 Å². The standard InChI is InChI=1S/C18H31NO10S/c20-15(12-14(18(25)26)30(27,28)29)19-10-8-6-4-2-1-3-5-7-9-13(17(23)24)11-16(21)22/h13-14H,1-12H2,(H,19,20)(H,21,22)(H,23,24)(H,25,26)(H,27,28,29).